The van der Waals surface area contributed by atoms with E-state index in [0.717, 1.165) is 52.5 Å². The highest BCUT2D eigenvalue weighted by Gasteiger charge is 2.32. The second kappa shape index (κ2) is 14.6. The molecule has 0 aromatic heterocycles. The van der Waals surface area contributed by atoms with Crippen LogP contribution in [0.2, 0.25) is 0 Å². The Bertz CT molecular complexity index is 1410. The average molecular weight is 584 g/mol. The van der Waals surface area contributed by atoms with Crippen molar-refractivity contribution in [3.63, 3.8) is 0 Å². The van der Waals surface area contributed by atoms with Crippen LogP contribution in [0.3, 0.4) is 0 Å². The van der Waals surface area contributed by atoms with Gasteiger partial charge in [0.2, 0.25) is 11.8 Å². The molecule has 0 saturated heterocycles. The van der Waals surface area contributed by atoms with Gasteiger partial charge in [-0.25, -0.2) is 12.8 Å². The molecule has 0 spiro atoms. The second-order valence-electron chi connectivity index (χ2n) is 9.72. The fourth-order valence-electron chi connectivity index (χ4n) is 4.26. The summed E-state index contributed by atoms with van der Waals surface area (Å²) in [6.45, 7) is 7.85. The van der Waals surface area contributed by atoms with E-state index in [1.165, 1.54) is 4.90 Å². The molecule has 0 fully saturated rings. The summed E-state index contributed by atoms with van der Waals surface area (Å²) >= 11 is 0. The topological polar surface area (TPSA) is 96.0 Å². The first kappa shape index (κ1) is 31.6. The maximum Gasteiger partial charge on any atom is 0.264 e. The lowest BCUT2D eigenvalue weighted by molar-refractivity contribution is -0.139. The van der Waals surface area contributed by atoms with Crippen molar-refractivity contribution in [1.82, 2.24) is 10.2 Å². The SMILES string of the molecule is CCCCNC(=O)[C@@H](C)N(Cc1cccc(C)c1)C(=O)CN(c1ccc(OCC)cc1)S(=O)(=O)c1ccc(F)cc1. The van der Waals surface area contributed by atoms with E-state index in [0.29, 0.717) is 18.9 Å². The van der Waals surface area contributed by atoms with Gasteiger partial charge in [0.15, 0.2) is 0 Å². The number of aryl methyl sites for hydroxylation is 1. The molecule has 41 heavy (non-hydrogen) atoms. The standard InChI is InChI=1S/C31H38FN3O5S/c1-5-7-19-33-31(37)24(4)34(21-25-10-8-9-23(3)20-25)30(36)22-35(27-13-15-28(16-14-27)40-6-2)41(38,39)29-17-11-26(32)12-18-29/h8-18,20,24H,5-7,19,21-22H2,1-4H3,(H,33,37)/t24-/m1/s1. The van der Waals surface area contributed by atoms with Crippen molar-refractivity contribution in [3.8, 4) is 5.75 Å². The van der Waals surface area contributed by atoms with Gasteiger partial charge in [-0.05, 0) is 81.3 Å². The molecule has 3 rings (SSSR count). The zero-order chi connectivity index (χ0) is 30.0. The summed E-state index contributed by atoms with van der Waals surface area (Å²) in [6, 6.07) is 17.5. The number of halogens is 1. The predicted molar refractivity (Wildman–Crippen MR) is 158 cm³/mol. The smallest absolute Gasteiger partial charge is 0.264 e. The van der Waals surface area contributed by atoms with Gasteiger partial charge in [0, 0.05) is 13.1 Å². The lowest BCUT2D eigenvalue weighted by Gasteiger charge is -2.32. The van der Waals surface area contributed by atoms with Crippen LogP contribution in [0.5, 0.6) is 5.75 Å². The largest absolute Gasteiger partial charge is 0.494 e. The Morgan fingerprint density at radius 3 is 2.29 bits per heavy atom. The molecule has 0 aliphatic heterocycles. The second-order valence-corrected chi connectivity index (χ2v) is 11.6. The van der Waals surface area contributed by atoms with Gasteiger partial charge in [0.05, 0.1) is 17.2 Å². The maximum atomic E-state index is 13.9. The minimum Gasteiger partial charge on any atom is -0.494 e. The number of nitrogens with zero attached hydrogens (tertiary/aromatic N) is 2. The predicted octanol–water partition coefficient (Wildman–Crippen LogP) is 5.06. The molecule has 2 amide bonds. The van der Waals surface area contributed by atoms with Crippen LogP contribution in [0.15, 0.2) is 77.7 Å². The molecule has 3 aromatic rings. The summed E-state index contributed by atoms with van der Waals surface area (Å²) in [5, 5.41) is 2.87. The molecule has 1 atom stereocenters. The zero-order valence-corrected chi connectivity index (χ0v) is 24.8. The van der Waals surface area contributed by atoms with Crippen molar-refractivity contribution in [1.29, 1.82) is 0 Å². The Kier molecular flexibility index (Phi) is 11.3. The van der Waals surface area contributed by atoms with Crippen LogP contribution in [0.25, 0.3) is 0 Å². The van der Waals surface area contributed by atoms with Crippen LogP contribution < -0.4 is 14.4 Å². The molecule has 0 radical (unpaired) electrons. The van der Waals surface area contributed by atoms with Crippen LogP contribution in [0.4, 0.5) is 10.1 Å². The molecule has 0 saturated carbocycles. The first-order chi connectivity index (χ1) is 19.6. The van der Waals surface area contributed by atoms with Gasteiger partial charge >= 0.3 is 0 Å². The van der Waals surface area contributed by atoms with E-state index in [9.17, 15) is 22.4 Å². The number of hydrogen-bond acceptors (Lipinski definition) is 5. The van der Waals surface area contributed by atoms with Crippen LogP contribution in [0, 0.1) is 12.7 Å². The first-order valence-corrected chi connectivity index (χ1v) is 15.1. The Balaban J connectivity index is 2.00. The highest BCUT2D eigenvalue weighted by Crippen LogP contribution is 2.27. The molecule has 1 N–H and O–H groups in total. The Labute approximate surface area is 242 Å². The number of sulfonamides is 1. The van der Waals surface area contributed by atoms with Gasteiger partial charge in [0.25, 0.3) is 10.0 Å². The third-order valence-corrected chi connectivity index (χ3v) is 8.34. The number of hydrogen-bond donors (Lipinski definition) is 1. The van der Waals surface area contributed by atoms with E-state index in [2.05, 4.69) is 5.32 Å². The number of nitrogens with one attached hydrogen (secondary N) is 1. The highest BCUT2D eigenvalue weighted by molar-refractivity contribution is 7.92. The van der Waals surface area contributed by atoms with Gasteiger partial charge < -0.3 is 15.0 Å². The van der Waals surface area contributed by atoms with Crippen molar-refractivity contribution >= 4 is 27.5 Å². The van der Waals surface area contributed by atoms with Crippen molar-refractivity contribution < 1.29 is 27.1 Å². The van der Waals surface area contributed by atoms with E-state index in [4.69, 9.17) is 4.74 Å². The molecule has 220 valence electrons. The first-order valence-electron chi connectivity index (χ1n) is 13.7. The summed E-state index contributed by atoms with van der Waals surface area (Å²) in [5.41, 5.74) is 2.02. The molecule has 10 heteroatoms. The van der Waals surface area contributed by atoms with E-state index >= 15 is 0 Å². The highest BCUT2D eigenvalue weighted by atomic mass is 32.2. The molecule has 0 aliphatic rings. The van der Waals surface area contributed by atoms with Gasteiger partial charge in [-0.2, -0.15) is 0 Å². The van der Waals surface area contributed by atoms with E-state index in [1.807, 2.05) is 45.0 Å². The number of carbonyl (C=O) groups is 2. The monoisotopic (exact) mass is 583 g/mol. The molecule has 3 aromatic carbocycles. The summed E-state index contributed by atoms with van der Waals surface area (Å²) in [7, 11) is -4.29. The number of unbranched alkanes of at least 4 members (excludes halogenated alkanes) is 1. The quantitative estimate of drug-likeness (QED) is 0.268. The minimum atomic E-state index is -4.29. The van der Waals surface area contributed by atoms with Gasteiger partial charge in [-0.15, -0.1) is 0 Å². The Morgan fingerprint density at radius 2 is 1.68 bits per heavy atom. The number of carbonyl (C=O) groups excluding carboxylic acids is 2. The molecular formula is C31H38FN3O5S. The van der Waals surface area contributed by atoms with Gasteiger partial charge in [0.1, 0.15) is 24.2 Å². The van der Waals surface area contributed by atoms with E-state index < -0.39 is 34.3 Å². The lowest BCUT2D eigenvalue weighted by atomic mass is 10.1. The molecule has 0 aliphatic carbocycles. The van der Waals surface area contributed by atoms with Crippen LogP contribution in [-0.2, 0) is 26.2 Å². The van der Waals surface area contributed by atoms with Crippen LogP contribution >= 0.6 is 0 Å². The van der Waals surface area contributed by atoms with Gasteiger partial charge in [-0.1, -0.05) is 43.2 Å². The third-order valence-electron chi connectivity index (χ3n) is 6.55. The number of benzene rings is 3. The summed E-state index contributed by atoms with van der Waals surface area (Å²) in [6.07, 6.45) is 1.70. The normalized spacial score (nSPS) is 11.9. The van der Waals surface area contributed by atoms with E-state index in [1.54, 1.807) is 31.2 Å². The number of rotatable bonds is 14. The van der Waals surface area contributed by atoms with Crippen molar-refractivity contribution in [2.75, 3.05) is 24.0 Å². The zero-order valence-electron chi connectivity index (χ0n) is 24.0. The van der Waals surface area contributed by atoms with Gasteiger partial charge in [-0.3, -0.25) is 13.9 Å². The molecular weight excluding hydrogens is 545 g/mol. The number of ether oxygens (including phenoxy) is 1. The fourth-order valence-corrected chi connectivity index (χ4v) is 5.68. The summed E-state index contributed by atoms with van der Waals surface area (Å²) < 4.78 is 47.7. The number of anilines is 1. The molecule has 0 unspecified atom stereocenters. The molecule has 0 heterocycles. The third kappa shape index (κ3) is 8.53. The van der Waals surface area contributed by atoms with E-state index in [-0.39, 0.29) is 23.0 Å². The molecule has 0 bridgehead atoms. The van der Waals surface area contributed by atoms with Crippen molar-refractivity contribution in [3.05, 3.63) is 89.7 Å². The minimum absolute atomic E-state index is 0.108. The van der Waals surface area contributed by atoms with Crippen LogP contribution in [-0.4, -0.2) is 50.9 Å². The fraction of sp³-hybridized carbons (Fsp3) is 0.355. The summed E-state index contributed by atoms with van der Waals surface area (Å²) in [5.74, 6) is -0.933. The molecule has 8 nitrogen and oxygen atoms in total. The van der Waals surface area contributed by atoms with Crippen molar-refractivity contribution in [2.45, 2.75) is 58.0 Å². The Hall–Kier alpha value is -3.92. The maximum absolute atomic E-state index is 13.9. The average Bonchev–Trinajstić information content (AvgIpc) is 2.95. The number of amides is 2. The Morgan fingerprint density at radius 1 is 1.00 bits per heavy atom. The summed E-state index contributed by atoms with van der Waals surface area (Å²) in [4.78, 5) is 28.2. The van der Waals surface area contributed by atoms with Crippen molar-refractivity contribution in [2.24, 2.45) is 0 Å². The lowest BCUT2D eigenvalue weighted by Crippen LogP contribution is -2.51. The van der Waals surface area contributed by atoms with Crippen LogP contribution in [0.1, 0.15) is 44.7 Å².